The first-order chi connectivity index (χ1) is 16.7. The summed E-state index contributed by atoms with van der Waals surface area (Å²) >= 11 is 0. The molecule has 0 heterocycles. The fraction of sp³-hybridized carbons (Fsp3) is 0.786. The Kier molecular flexibility index (Phi) is 9.13. The van der Waals surface area contributed by atoms with E-state index < -0.39 is 35.8 Å². The van der Waals surface area contributed by atoms with E-state index in [2.05, 4.69) is 0 Å². The molecule has 0 N–H and O–H groups in total. The fourth-order valence-electron chi connectivity index (χ4n) is 5.35. The average molecular weight is 523 g/mol. The molecule has 0 amide bonds. The highest BCUT2D eigenvalue weighted by molar-refractivity contribution is 5.39. The van der Waals surface area contributed by atoms with E-state index in [1.807, 2.05) is 13.8 Å². The predicted molar refractivity (Wildman–Crippen MR) is 128 cm³/mol. The van der Waals surface area contributed by atoms with Gasteiger partial charge in [-0.25, -0.2) is 0 Å². The second-order valence-corrected chi connectivity index (χ2v) is 11.0. The number of halogens is 6. The van der Waals surface area contributed by atoms with Crippen LogP contribution in [0.5, 0.6) is 0 Å². The van der Waals surface area contributed by atoms with Crippen molar-refractivity contribution in [1.29, 1.82) is 0 Å². The van der Waals surface area contributed by atoms with Gasteiger partial charge in [0.25, 0.3) is 0 Å². The second kappa shape index (κ2) is 11.2. The summed E-state index contributed by atoms with van der Waals surface area (Å²) in [5.41, 5.74) is -5.63. The van der Waals surface area contributed by atoms with E-state index in [1.54, 1.807) is 0 Å². The molecule has 2 aliphatic carbocycles. The molecular weight excluding hydrogens is 482 g/mol. The molecule has 3 unspecified atom stereocenters. The Hall–Kier alpha value is -1.28. The molecule has 3 rings (SSSR count). The largest absolute Gasteiger partial charge is 0.421 e. The fourth-order valence-corrected chi connectivity index (χ4v) is 5.35. The maximum absolute atomic E-state index is 14.6. The van der Waals surface area contributed by atoms with Crippen LogP contribution in [0.25, 0.3) is 0 Å². The molecule has 2 nitrogen and oxygen atoms in total. The molecule has 0 bridgehead atoms. The standard InChI is InChI=1S/C28H40F6O2/c1-5-19(2)20-16-21(25(3,27(29,30)31)35-23-12-8-6-9-13-23)18-22(17-20)26(4,28(32,33)34)36-24-14-10-7-11-15-24/h16-19,23-24H,5-15H2,1-4H3. The molecule has 8 heteroatoms. The Morgan fingerprint density at radius 3 is 1.36 bits per heavy atom. The molecule has 0 spiro atoms. The highest BCUT2D eigenvalue weighted by Crippen LogP contribution is 2.49. The van der Waals surface area contributed by atoms with E-state index >= 15 is 0 Å². The molecule has 0 aromatic heterocycles. The van der Waals surface area contributed by atoms with Gasteiger partial charge >= 0.3 is 12.4 Å². The van der Waals surface area contributed by atoms with Gasteiger partial charge in [0, 0.05) is 0 Å². The van der Waals surface area contributed by atoms with Crippen molar-refractivity contribution in [3.8, 4) is 0 Å². The number of alkyl halides is 6. The van der Waals surface area contributed by atoms with Crippen LogP contribution in [0.2, 0.25) is 0 Å². The van der Waals surface area contributed by atoms with Gasteiger partial charge < -0.3 is 9.47 Å². The SMILES string of the molecule is CCC(C)c1cc(C(C)(OC2CCCCC2)C(F)(F)F)cc(C(C)(OC2CCCCC2)C(F)(F)F)c1. The number of ether oxygens (including phenoxy) is 2. The third kappa shape index (κ3) is 6.23. The third-order valence-corrected chi connectivity index (χ3v) is 8.23. The van der Waals surface area contributed by atoms with Crippen LogP contribution in [0.3, 0.4) is 0 Å². The Balaban J connectivity index is 2.15. The Labute approximate surface area is 211 Å². The van der Waals surface area contributed by atoms with Gasteiger partial charge in [0.05, 0.1) is 12.2 Å². The van der Waals surface area contributed by atoms with Gasteiger partial charge in [0.1, 0.15) is 0 Å². The second-order valence-electron chi connectivity index (χ2n) is 11.0. The highest BCUT2D eigenvalue weighted by Gasteiger charge is 2.58. The van der Waals surface area contributed by atoms with Crippen LogP contribution in [-0.2, 0) is 20.7 Å². The zero-order valence-corrected chi connectivity index (χ0v) is 21.8. The normalized spacial score (nSPS) is 23.2. The molecule has 2 aliphatic rings. The molecule has 2 saturated carbocycles. The van der Waals surface area contributed by atoms with Crippen molar-refractivity contribution in [1.82, 2.24) is 0 Å². The Morgan fingerprint density at radius 1 is 0.694 bits per heavy atom. The Bertz CT molecular complexity index is 792. The van der Waals surface area contributed by atoms with Crippen molar-refractivity contribution in [2.45, 2.75) is 140 Å². The number of benzene rings is 1. The van der Waals surface area contributed by atoms with E-state index in [4.69, 9.17) is 9.47 Å². The summed E-state index contributed by atoms with van der Waals surface area (Å²) in [5, 5.41) is 0. The first-order valence-corrected chi connectivity index (χ1v) is 13.4. The molecule has 0 aliphatic heterocycles. The lowest BCUT2D eigenvalue weighted by Gasteiger charge is -2.40. The summed E-state index contributed by atoms with van der Waals surface area (Å²) in [5.74, 6) is -0.233. The quantitative estimate of drug-likeness (QED) is 0.317. The molecule has 1 aromatic rings. The minimum Gasteiger partial charge on any atom is -0.358 e. The van der Waals surface area contributed by atoms with Crippen LogP contribution in [0.4, 0.5) is 26.3 Å². The molecule has 1 aromatic carbocycles. The van der Waals surface area contributed by atoms with Crippen molar-refractivity contribution in [2.24, 2.45) is 0 Å². The molecule has 206 valence electrons. The molecule has 0 saturated heterocycles. The summed E-state index contributed by atoms with van der Waals surface area (Å²) in [6.07, 6.45) is -3.21. The van der Waals surface area contributed by atoms with Crippen LogP contribution in [-0.4, -0.2) is 24.6 Å². The number of rotatable bonds is 8. The van der Waals surface area contributed by atoms with E-state index in [-0.39, 0.29) is 17.0 Å². The average Bonchev–Trinajstić information content (AvgIpc) is 2.83. The van der Waals surface area contributed by atoms with Crippen LogP contribution in [0.1, 0.15) is 121 Å². The number of hydrogen-bond acceptors (Lipinski definition) is 2. The van der Waals surface area contributed by atoms with Crippen molar-refractivity contribution in [2.75, 3.05) is 0 Å². The summed E-state index contributed by atoms with van der Waals surface area (Å²) in [6.45, 7) is 5.57. The summed E-state index contributed by atoms with van der Waals surface area (Å²) in [7, 11) is 0. The van der Waals surface area contributed by atoms with E-state index in [0.29, 0.717) is 37.7 Å². The van der Waals surface area contributed by atoms with Gasteiger partial charge in [-0.2, -0.15) is 26.3 Å². The number of hydrogen-bond donors (Lipinski definition) is 0. The van der Waals surface area contributed by atoms with Gasteiger partial charge in [0.2, 0.25) is 0 Å². The first-order valence-electron chi connectivity index (χ1n) is 13.4. The van der Waals surface area contributed by atoms with E-state index in [9.17, 15) is 26.3 Å². The van der Waals surface area contributed by atoms with Gasteiger partial charge in [0.15, 0.2) is 11.2 Å². The molecule has 0 radical (unpaired) electrons. The molecule has 2 fully saturated rings. The van der Waals surface area contributed by atoms with Crippen LogP contribution in [0, 0.1) is 0 Å². The summed E-state index contributed by atoms with van der Waals surface area (Å²) in [4.78, 5) is 0. The maximum Gasteiger partial charge on any atom is 0.421 e. The summed E-state index contributed by atoms with van der Waals surface area (Å²) in [6, 6.07) is 3.79. The maximum atomic E-state index is 14.6. The lowest BCUT2D eigenvalue weighted by atomic mass is 9.82. The van der Waals surface area contributed by atoms with E-state index in [0.717, 1.165) is 58.4 Å². The van der Waals surface area contributed by atoms with Crippen LogP contribution in [0.15, 0.2) is 18.2 Å². The van der Waals surface area contributed by atoms with Gasteiger partial charge in [-0.05, 0) is 74.6 Å². The topological polar surface area (TPSA) is 18.5 Å². The van der Waals surface area contributed by atoms with Crippen molar-refractivity contribution in [3.05, 3.63) is 34.9 Å². The van der Waals surface area contributed by atoms with E-state index in [1.165, 1.54) is 12.1 Å². The molecule has 3 atom stereocenters. The zero-order valence-electron chi connectivity index (χ0n) is 21.8. The van der Waals surface area contributed by atoms with Gasteiger partial charge in [-0.3, -0.25) is 0 Å². The lowest BCUT2D eigenvalue weighted by Crippen LogP contribution is -2.47. The predicted octanol–water partition coefficient (Wildman–Crippen LogP) is 9.45. The smallest absolute Gasteiger partial charge is 0.358 e. The van der Waals surface area contributed by atoms with Crippen molar-refractivity contribution < 1.29 is 35.8 Å². The molecular formula is C28H40F6O2. The van der Waals surface area contributed by atoms with Crippen molar-refractivity contribution in [3.63, 3.8) is 0 Å². The minimum absolute atomic E-state index is 0.233. The highest BCUT2D eigenvalue weighted by atomic mass is 19.4. The molecule has 36 heavy (non-hydrogen) atoms. The van der Waals surface area contributed by atoms with Gasteiger partial charge in [-0.1, -0.05) is 64.5 Å². The Morgan fingerprint density at radius 2 is 1.06 bits per heavy atom. The zero-order chi connectivity index (χ0) is 26.8. The van der Waals surface area contributed by atoms with Crippen LogP contribution >= 0.6 is 0 Å². The van der Waals surface area contributed by atoms with Crippen LogP contribution < -0.4 is 0 Å². The third-order valence-electron chi connectivity index (χ3n) is 8.23. The van der Waals surface area contributed by atoms with Gasteiger partial charge in [-0.15, -0.1) is 0 Å². The minimum atomic E-state index is -4.81. The lowest BCUT2D eigenvalue weighted by molar-refractivity contribution is -0.296. The summed E-state index contributed by atoms with van der Waals surface area (Å²) < 4.78 is 99.2. The monoisotopic (exact) mass is 522 g/mol. The first kappa shape index (κ1) is 29.3. The van der Waals surface area contributed by atoms with Crippen molar-refractivity contribution >= 4 is 0 Å².